The third kappa shape index (κ3) is 3.86. The normalized spacial score (nSPS) is 31.6. The van der Waals surface area contributed by atoms with Crippen molar-refractivity contribution >= 4 is 0 Å². The Kier molecular flexibility index (Phi) is 6.81. The fraction of sp³-hybridized carbons (Fsp3) is 0.636. The predicted molar refractivity (Wildman–Crippen MR) is 51.9 cm³/mol. The van der Waals surface area contributed by atoms with Crippen LogP contribution >= 0.6 is 0 Å². The maximum atomic E-state index is 8.79. The molecule has 1 radical (unpaired) electrons. The first kappa shape index (κ1) is 13.9. The molecule has 0 heterocycles. The summed E-state index contributed by atoms with van der Waals surface area (Å²) in [5.41, 5.74) is 2.49. The van der Waals surface area contributed by atoms with Crippen LogP contribution in [0.1, 0.15) is 26.7 Å². The van der Waals surface area contributed by atoms with Gasteiger partial charge in [0.15, 0.2) is 0 Å². The van der Waals surface area contributed by atoms with Crippen molar-refractivity contribution in [2.24, 2.45) is 11.8 Å². The van der Waals surface area contributed by atoms with E-state index < -0.39 is 0 Å². The maximum Gasteiger partial charge on any atom is 0.0618 e. The Balaban J connectivity index is 0.00000144. The van der Waals surface area contributed by atoms with Gasteiger partial charge in [-0.05, 0) is 35.8 Å². The first-order valence-corrected chi connectivity index (χ1v) is 4.64. The Morgan fingerprint density at radius 1 is 1.54 bits per heavy atom. The van der Waals surface area contributed by atoms with E-state index in [2.05, 4.69) is 20.4 Å². The Labute approximate surface area is 117 Å². The van der Waals surface area contributed by atoms with E-state index in [0.717, 1.165) is 12.3 Å². The van der Waals surface area contributed by atoms with Crippen LogP contribution in [0.15, 0.2) is 23.8 Å². The van der Waals surface area contributed by atoms with Gasteiger partial charge in [0, 0.05) is 44.1 Å². The molecule has 1 nitrogen and oxygen atoms in total. The zero-order valence-electron chi connectivity index (χ0n) is 8.59. The van der Waals surface area contributed by atoms with Crippen molar-refractivity contribution in [3.8, 4) is 0 Å². The first-order chi connectivity index (χ1) is 5.65. The molecule has 1 aliphatic rings. The molecule has 0 amide bonds. The van der Waals surface area contributed by atoms with Crippen LogP contribution in [0.5, 0.6) is 0 Å². The minimum absolute atomic E-state index is 0. The molecule has 0 saturated heterocycles. The molecule has 71 valence electrons. The zero-order valence-corrected chi connectivity index (χ0v) is 13.3. The Morgan fingerprint density at radius 2 is 2.15 bits per heavy atom. The minimum Gasteiger partial charge on any atom is -0.392 e. The largest absolute Gasteiger partial charge is 0.392 e. The van der Waals surface area contributed by atoms with Gasteiger partial charge in [-0.25, -0.2) is 0 Å². The first-order valence-electron chi connectivity index (χ1n) is 4.64. The summed E-state index contributed by atoms with van der Waals surface area (Å²) in [4.78, 5) is 0. The molecule has 0 aromatic carbocycles. The smallest absolute Gasteiger partial charge is 0.0618 e. The average molecular weight is 393 g/mol. The Bertz CT molecular complexity index is 208. The second-order valence-corrected chi connectivity index (χ2v) is 3.88. The number of hydrogen-bond acceptors (Lipinski definition) is 1. The third-order valence-electron chi connectivity index (χ3n) is 2.67. The molecule has 0 unspecified atom stereocenters. The zero-order chi connectivity index (χ0) is 9.14. The van der Waals surface area contributed by atoms with Gasteiger partial charge < -0.3 is 5.11 Å². The summed E-state index contributed by atoms with van der Waals surface area (Å²) < 4.78 is 0. The summed E-state index contributed by atoms with van der Waals surface area (Å²) in [6, 6.07) is 0. The van der Waals surface area contributed by atoms with Gasteiger partial charge >= 0.3 is 0 Å². The van der Waals surface area contributed by atoms with Gasteiger partial charge in [-0.3, -0.25) is 0 Å². The molecule has 1 saturated carbocycles. The van der Waals surface area contributed by atoms with E-state index in [1.807, 2.05) is 6.08 Å². The van der Waals surface area contributed by atoms with E-state index in [1.54, 1.807) is 0 Å². The number of aliphatic hydroxyl groups is 1. The predicted octanol–water partition coefficient (Wildman–Crippen LogP) is 2.53. The summed E-state index contributed by atoms with van der Waals surface area (Å²) in [6.45, 7) is 8.67. The Morgan fingerprint density at radius 3 is 2.69 bits per heavy atom. The SMILES string of the molecule is C=C1/C(=C/CO)C[C@@H](C)C[C@@H]1C.[Ac]. The summed E-state index contributed by atoms with van der Waals surface area (Å²) in [5.74, 6) is 1.33. The third-order valence-corrected chi connectivity index (χ3v) is 2.67. The summed E-state index contributed by atoms with van der Waals surface area (Å²) >= 11 is 0. The van der Waals surface area contributed by atoms with Gasteiger partial charge in [0.1, 0.15) is 0 Å². The van der Waals surface area contributed by atoms with Crippen molar-refractivity contribution in [1.82, 2.24) is 0 Å². The molecule has 1 rings (SSSR count). The molecule has 2 heteroatoms. The van der Waals surface area contributed by atoms with Gasteiger partial charge in [0.2, 0.25) is 0 Å². The van der Waals surface area contributed by atoms with Crippen LogP contribution < -0.4 is 0 Å². The summed E-state index contributed by atoms with van der Waals surface area (Å²) in [6.07, 6.45) is 4.22. The molecular formula is C11H18AcO. The van der Waals surface area contributed by atoms with Crippen molar-refractivity contribution in [2.75, 3.05) is 6.61 Å². The maximum absolute atomic E-state index is 8.79. The Hall–Kier alpha value is 0.882. The number of aliphatic hydroxyl groups excluding tert-OH is 1. The van der Waals surface area contributed by atoms with E-state index in [0.29, 0.717) is 5.92 Å². The van der Waals surface area contributed by atoms with Crippen LogP contribution in [0.3, 0.4) is 0 Å². The van der Waals surface area contributed by atoms with Crippen molar-refractivity contribution < 1.29 is 49.2 Å². The standard InChI is InChI=1S/C11H18O.Ac/c1-8-6-9(2)10(3)11(7-8)4-5-12;/h4,8-9,12H,3,5-7H2,1-2H3;/b11-4+;/t8-,9-;/m0./s1. The monoisotopic (exact) mass is 393 g/mol. The number of rotatable bonds is 1. The molecule has 2 atom stereocenters. The second-order valence-electron chi connectivity index (χ2n) is 3.88. The van der Waals surface area contributed by atoms with Crippen molar-refractivity contribution in [1.29, 1.82) is 0 Å². The quantitative estimate of drug-likeness (QED) is 0.726. The molecule has 0 aliphatic heterocycles. The van der Waals surface area contributed by atoms with Gasteiger partial charge in [-0.15, -0.1) is 0 Å². The molecule has 0 aromatic rings. The molecule has 0 bridgehead atoms. The molecule has 0 aromatic heterocycles. The molecule has 1 fully saturated rings. The van der Waals surface area contributed by atoms with Crippen molar-refractivity contribution in [3.63, 3.8) is 0 Å². The molecular weight excluding hydrogens is 375 g/mol. The van der Waals surface area contributed by atoms with Gasteiger partial charge in [0.25, 0.3) is 0 Å². The van der Waals surface area contributed by atoms with Crippen LogP contribution in [0.25, 0.3) is 0 Å². The summed E-state index contributed by atoms with van der Waals surface area (Å²) in [5, 5.41) is 8.79. The van der Waals surface area contributed by atoms with Crippen LogP contribution in [-0.4, -0.2) is 11.7 Å². The molecule has 1 aliphatic carbocycles. The average Bonchev–Trinajstić information content (AvgIpc) is 2.00. The van der Waals surface area contributed by atoms with E-state index in [-0.39, 0.29) is 50.7 Å². The molecule has 0 spiro atoms. The summed E-state index contributed by atoms with van der Waals surface area (Å²) in [7, 11) is 0. The second kappa shape index (κ2) is 6.38. The van der Waals surface area contributed by atoms with E-state index in [1.165, 1.54) is 17.6 Å². The minimum atomic E-state index is 0. The molecule has 13 heavy (non-hydrogen) atoms. The van der Waals surface area contributed by atoms with Crippen molar-refractivity contribution in [3.05, 3.63) is 23.8 Å². The van der Waals surface area contributed by atoms with E-state index in [4.69, 9.17) is 5.11 Å². The van der Waals surface area contributed by atoms with Gasteiger partial charge in [-0.1, -0.05) is 26.5 Å². The van der Waals surface area contributed by atoms with Crippen LogP contribution in [-0.2, 0) is 0 Å². The van der Waals surface area contributed by atoms with Gasteiger partial charge in [-0.2, -0.15) is 0 Å². The van der Waals surface area contributed by atoms with E-state index >= 15 is 0 Å². The van der Waals surface area contributed by atoms with E-state index in [9.17, 15) is 0 Å². The molecule has 1 N–H and O–H groups in total. The van der Waals surface area contributed by atoms with Crippen molar-refractivity contribution in [2.45, 2.75) is 26.7 Å². The van der Waals surface area contributed by atoms with Gasteiger partial charge in [0.05, 0.1) is 6.61 Å². The number of allylic oxidation sites excluding steroid dienone is 2. The number of hydrogen-bond donors (Lipinski definition) is 1. The van der Waals surface area contributed by atoms with Crippen LogP contribution in [0.4, 0.5) is 0 Å². The topological polar surface area (TPSA) is 20.2 Å². The fourth-order valence-corrected chi connectivity index (χ4v) is 1.98. The van der Waals surface area contributed by atoms with Crippen LogP contribution in [0.2, 0.25) is 0 Å². The fourth-order valence-electron chi connectivity index (χ4n) is 1.98. The van der Waals surface area contributed by atoms with Crippen LogP contribution in [0, 0.1) is 55.9 Å².